The van der Waals surface area contributed by atoms with E-state index in [1.54, 1.807) is 0 Å². The summed E-state index contributed by atoms with van der Waals surface area (Å²) in [6.45, 7) is -1.26. The fourth-order valence-corrected chi connectivity index (χ4v) is 8.96. The zero-order chi connectivity index (χ0) is 70.6. The lowest BCUT2D eigenvalue weighted by Gasteiger charge is -2.26. The summed E-state index contributed by atoms with van der Waals surface area (Å²) in [4.78, 5) is 159. The van der Waals surface area contributed by atoms with Gasteiger partial charge in [0.25, 0.3) is 0 Å². The summed E-state index contributed by atoms with van der Waals surface area (Å²) in [6, 6.07) is -9.98. The lowest BCUT2D eigenvalue weighted by Crippen LogP contribution is -2.61. The molecule has 0 aliphatic rings. The van der Waals surface area contributed by atoms with Crippen LogP contribution in [-0.4, -0.2) is 252 Å². The van der Waals surface area contributed by atoms with Crippen molar-refractivity contribution >= 4 is 70.9 Å². The molecule has 0 unspecified atom stereocenters. The molecule has 6 atom stereocenters. The predicted octanol–water partition coefficient (Wildman–Crippen LogP) is -5.47. The number of carbonyl (C=O) groups excluding carboxylic acids is 12. The molecule has 0 fully saturated rings. The second-order valence-electron chi connectivity index (χ2n) is 22.3. The summed E-state index contributed by atoms with van der Waals surface area (Å²) < 4.78 is 21.4. The first-order chi connectivity index (χ1) is 46.3. The summed E-state index contributed by atoms with van der Waals surface area (Å²) in [6.07, 6.45) is 18.2. The number of ether oxygens (including phenoxy) is 4. The van der Waals surface area contributed by atoms with Crippen molar-refractivity contribution in [3.8, 4) is 0 Å². The van der Waals surface area contributed by atoms with Crippen molar-refractivity contribution in [1.82, 2.24) is 83.8 Å². The van der Waals surface area contributed by atoms with Gasteiger partial charge in [0.1, 0.15) is 49.5 Å². The number of aliphatic hydroxyl groups excluding tert-OH is 3. The predicted molar refractivity (Wildman–Crippen MR) is 340 cm³/mol. The summed E-state index contributed by atoms with van der Waals surface area (Å²) >= 11 is 0. The maximum atomic E-state index is 13.5. The molecule has 0 spiro atoms. The molecule has 0 radical (unpaired) electrons. The van der Waals surface area contributed by atoms with Gasteiger partial charge in [0.2, 0.25) is 70.9 Å². The van der Waals surface area contributed by atoms with Crippen molar-refractivity contribution < 1.29 is 91.8 Å². The highest BCUT2D eigenvalue weighted by atomic mass is 16.5. The van der Waals surface area contributed by atoms with Crippen LogP contribution >= 0.6 is 0 Å². The van der Waals surface area contributed by atoms with Gasteiger partial charge in [0, 0.05) is 63.6 Å². The van der Waals surface area contributed by atoms with Gasteiger partial charge in [0.15, 0.2) is 5.82 Å². The number of nitrogens with zero attached hydrogens (tertiary/aromatic N) is 4. The topological polar surface area (TPSA) is 558 Å². The van der Waals surface area contributed by atoms with Gasteiger partial charge in [-0.25, -0.2) is 4.98 Å². The van der Waals surface area contributed by atoms with Gasteiger partial charge in [-0.1, -0.05) is 82.8 Å². The Kier molecular flexibility index (Phi) is 46.1. The molecule has 96 heavy (non-hydrogen) atoms. The van der Waals surface area contributed by atoms with E-state index in [-0.39, 0.29) is 71.0 Å². The maximum Gasteiger partial charge on any atom is 0.246 e. The Balaban J connectivity index is 1.62. The van der Waals surface area contributed by atoms with Crippen molar-refractivity contribution in [2.24, 2.45) is 11.5 Å². The third kappa shape index (κ3) is 40.8. The average Bonchev–Trinajstić information content (AvgIpc) is 1.74. The molecule has 37 heteroatoms. The Hall–Kier alpha value is -8.36. The minimum atomic E-state index is -1.90. The molecule has 0 saturated carbocycles. The van der Waals surface area contributed by atoms with E-state index < -0.39 is 154 Å². The number of imidazole rings is 1. The maximum absolute atomic E-state index is 13.5. The van der Waals surface area contributed by atoms with Crippen LogP contribution in [0.25, 0.3) is 0 Å². The lowest BCUT2D eigenvalue weighted by molar-refractivity contribution is -0.137. The number of H-pyrrole nitrogens is 2. The third-order valence-corrected chi connectivity index (χ3v) is 14.2. The minimum Gasteiger partial charge on any atom is -0.394 e. The number of amides is 12. The lowest BCUT2D eigenvalue weighted by atomic mass is 10.0. The van der Waals surface area contributed by atoms with Crippen molar-refractivity contribution in [2.45, 2.75) is 178 Å². The van der Waals surface area contributed by atoms with Crippen LogP contribution in [0, 0.1) is 0 Å². The number of rotatable bonds is 59. The van der Waals surface area contributed by atoms with Gasteiger partial charge in [-0.05, 0) is 32.1 Å². The van der Waals surface area contributed by atoms with Crippen LogP contribution in [0.4, 0.5) is 0 Å². The number of aromatic amines is 2. The molecule has 0 aromatic carbocycles. The minimum absolute atomic E-state index is 0.00453. The van der Waals surface area contributed by atoms with Gasteiger partial charge < -0.3 is 104 Å². The molecule has 0 bridgehead atoms. The highest BCUT2D eigenvalue weighted by Gasteiger charge is 2.34. The van der Waals surface area contributed by atoms with Crippen LogP contribution in [0.1, 0.15) is 140 Å². The van der Waals surface area contributed by atoms with E-state index in [1.807, 2.05) is 6.92 Å². The van der Waals surface area contributed by atoms with Gasteiger partial charge >= 0.3 is 0 Å². The first-order valence-corrected chi connectivity index (χ1v) is 32.6. The first kappa shape index (κ1) is 83.7. The molecule has 12 amide bonds. The van der Waals surface area contributed by atoms with Crippen LogP contribution < -0.4 is 64.6 Å². The number of nitrogens with one attached hydrogen (secondary N) is 12. The van der Waals surface area contributed by atoms with Crippen molar-refractivity contribution in [3.05, 3.63) is 24.0 Å². The second-order valence-corrected chi connectivity index (χ2v) is 22.3. The van der Waals surface area contributed by atoms with E-state index in [1.165, 1.54) is 70.3 Å². The Morgan fingerprint density at radius 3 is 1.36 bits per heavy atom. The van der Waals surface area contributed by atoms with Gasteiger partial charge in [-0.3, -0.25) is 57.5 Å². The van der Waals surface area contributed by atoms with E-state index in [4.69, 9.17) is 30.4 Å². The smallest absolute Gasteiger partial charge is 0.246 e. The number of aromatic nitrogens is 6. The SMILES string of the molecule is CCCNC(=O)[C@H](Cc1cnc[nH]1)NC(=O)[C@H](CCC(N)=O)NC(=O)[C@H](CO)NC(=O)[C@H](CO)NC(=O)[C@H](CCC(N)=O)NC(=O)[C@@H](CO)NC(=O)CNC(=O)COCCOCCNC(=O)COCCOCCNC(=O)CCCCCCCCCCCCCCCc1nn[nH]n1. The number of tetrazole rings is 1. The first-order valence-electron chi connectivity index (χ1n) is 32.6. The zero-order valence-electron chi connectivity index (χ0n) is 54.9. The standard InChI is InChI=1S/C59H102N18O19/c1-2-22-65-54(87)43(31-40-32-62-39-67-40)71-55(88)41(18-20-47(60)81)70-58(91)45(35-79)73-59(92)46(36-80)72-56(89)42(19-21-48(61)82)69-57(90)44(34-78)68-51(84)33-66-53(86)38-96-30-28-94-26-24-64-52(85)37-95-29-27-93-25-23-63-50(83)17-15-13-11-9-7-5-3-4-6-8-10-12-14-16-49-74-76-77-75-49/h32,39,41-46,78-80H,2-31,33-38H2,1H3,(H2,60,81)(H2,61,82)(H,62,67)(H,63,83)(H,64,85)(H,65,87)(H,66,86)(H,68,84)(H,69,90)(H,70,91)(H,71,88)(H,72,89)(H,73,92)(H,74,75,76,77)/t41-,42-,43-,44+,45-,46-/m0/s1. The van der Waals surface area contributed by atoms with Gasteiger partial charge in [-0.2, -0.15) is 5.21 Å². The Morgan fingerprint density at radius 1 is 0.469 bits per heavy atom. The number of nitrogens with two attached hydrogens (primary N) is 2. The number of carbonyl (C=O) groups is 12. The fraction of sp³-hybridized carbons (Fsp3) is 0.729. The van der Waals surface area contributed by atoms with Gasteiger partial charge in [-0.15, -0.1) is 10.2 Å². The molecule has 0 aliphatic heterocycles. The van der Waals surface area contributed by atoms with Crippen molar-refractivity contribution in [1.29, 1.82) is 0 Å². The second kappa shape index (κ2) is 52.9. The number of aliphatic hydroxyl groups is 3. The van der Waals surface area contributed by atoms with E-state index >= 15 is 0 Å². The van der Waals surface area contributed by atoms with E-state index in [0.29, 0.717) is 31.7 Å². The Bertz CT molecular complexity index is 2590. The van der Waals surface area contributed by atoms with Gasteiger partial charge in [0.05, 0.1) is 72.3 Å². The summed E-state index contributed by atoms with van der Waals surface area (Å²) in [5, 5.41) is 68.0. The van der Waals surface area contributed by atoms with E-state index in [0.717, 1.165) is 37.9 Å². The van der Waals surface area contributed by atoms with Crippen LogP contribution in [0.3, 0.4) is 0 Å². The zero-order valence-corrected chi connectivity index (χ0v) is 54.9. The highest BCUT2D eigenvalue weighted by Crippen LogP contribution is 2.14. The van der Waals surface area contributed by atoms with Crippen LogP contribution in [-0.2, 0) is 89.3 Å². The van der Waals surface area contributed by atoms with Crippen molar-refractivity contribution in [3.63, 3.8) is 0 Å². The largest absolute Gasteiger partial charge is 0.394 e. The molecular formula is C59H102N18O19. The van der Waals surface area contributed by atoms with Crippen LogP contribution in [0.15, 0.2) is 12.5 Å². The Labute approximate surface area is 557 Å². The van der Waals surface area contributed by atoms with E-state index in [2.05, 4.69) is 83.8 Å². The quantitative estimate of drug-likeness (QED) is 0.0275. The molecule has 37 nitrogen and oxygen atoms in total. The molecule has 542 valence electrons. The molecule has 2 rings (SSSR count). The average molecular weight is 1370 g/mol. The molecular weight excluding hydrogens is 1260 g/mol. The molecule has 2 aromatic rings. The normalized spacial score (nSPS) is 12.9. The molecule has 0 aliphatic carbocycles. The number of unbranched alkanes of at least 4 members (excludes halogenated alkanes) is 12. The van der Waals surface area contributed by atoms with Crippen LogP contribution in [0.2, 0.25) is 0 Å². The highest BCUT2D eigenvalue weighted by molar-refractivity contribution is 5.98. The number of hydrogen-bond donors (Lipinski definition) is 17. The number of aryl methyl sites for hydroxylation is 1. The summed E-state index contributed by atoms with van der Waals surface area (Å²) in [7, 11) is 0. The molecule has 19 N–H and O–H groups in total. The molecule has 0 saturated heterocycles. The van der Waals surface area contributed by atoms with E-state index in [9.17, 15) is 72.9 Å². The fourth-order valence-electron chi connectivity index (χ4n) is 8.96. The van der Waals surface area contributed by atoms with Crippen LogP contribution in [0.5, 0.6) is 0 Å². The summed E-state index contributed by atoms with van der Waals surface area (Å²) in [5.41, 5.74) is 11.0. The number of primary amides is 2. The number of hydrogen-bond acceptors (Lipinski definition) is 23. The molecule has 2 heterocycles. The van der Waals surface area contributed by atoms with Crippen molar-refractivity contribution in [2.75, 3.05) is 98.9 Å². The Morgan fingerprint density at radius 2 is 0.906 bits per heavy atom. The molecule has 2 aromatic heterocycles. The monoisotopic (exact) mass is 1370 g/mol. The third-order valence-electron chi connectivity index (χ3n) is 14.2. The summed E-state index contributed by atoms with van der Waals surface area (Å²) in [5.74, 6) is -9.50.